The molecule has 0 aromatic heterocycles. The zero-order valence-electron chi connectivity index (χ0n) is 9.04. The molecule has 0 aliphatic carbocycles. The summed E-state index contributed by atoms with van der Waals surface area (Å²) >= 11 is 0. The predicted octanol–water partition coefficient (Wildman–Crippen LogP) is 1.10. The topological polar surface area (TPSA) is 66.4 Å². The summed E-state index contributed by atoms with van der Waals surface area (Å²) in [6, 6.07) is 2.42. The summed E-state index contributed by atoms with van der Waals surface area (Å²) in [5, 5.41) is 10.7. The van der Waals surface area contributed by atoms with Gasteiger partial charge in [-0.3, -0.25) is 9.59 Å². The van der Waals surface area contributed by atoms with Crippen molar-refractivity contribution < 1.29 is 23.5 Å². The van der Waals surface area contributed by atoms with Crippen LogP contribution in [0, 0.1) is 11.6 Å². The highest BCUT2D eigenvalue weighted by molar-refractivity contribution is 5.84. The summed E-state index contributed by atoms with van der Waals surface area (Å²) in [7, 11) is 0. The Bertz CT molecular complexity index is 448. The van der Waals surface area contributed by atoms with E-state index in [-0.39, 0.29) is 5.56 Å². The lowest BCUT2D eigenvalue weighted by Crippen LogP contribution is -2.39. The number of nitrogens with one attached hydrogen (secondary N) is 1. The molecule has 6 heteroatoms. The fourth-order valence-electron chi connectivity index (χ4n) is 1.21. The van der Waals surface area contributed by atoms with Gasteiger partial charge in [0.2, 0.25) is 5.91 Å². The van der Waals surface area contributed by atoms with Gasteiger partial charge in [0, 0.05) is 5.56 Å². The van der Waals surface area contributed by atoms with Crippen LogP contribution in [0.25, 0.3) is 0 Å². The van der Waals surface area contributed by atoms with Crippen molar-refractivity contribution in [1.82, 2.24) is 5.32 Å². The van der Waals surface area contributed by atoms with Crippen molar-refractivity contribution in [2.24, 2.45) is 0 Å². The Morgan fingerprint density at radius 3 is 2.65 bits per heavy atom. The van der Waals surface area contributed by atoms with Crippen LogP contribution in [0.2, 0.25) is 0 Å². The van der Waals surface area contributed by atoms with E-state index in [4.69, 9.17) is 5.11 Å². The summed E-state index contributed by atoms with van der Waals surface area (Å²) in [6.45, 7) is 1.28. The van der Waals surface area contributed by atoms with Crippen molar-refractivity contribution in [3.8, 4) is 0 Å². The molecule has 4 nitrogen and oxygen atoms in total. The molecule has 92 valence electrons. The fourth-order valence-corrected chi connectivity index (χ4v) is 1.21. The number of hydrogen-bond donors (Lipinski definition) is 2. The second-order valence-corrected chi connectivity index (χ2v) is 3.52. The van der Waals surface area contributed by atoms with E-state index in [1.54, 1.807) is 0 Å². The van der Waals surface area contributed by atoms with E-state index >= 15 is 0 Å². The summed E-state index contributed by atoms with van der Waals surface area (Å²) in [6.07, 6.45) is -0.402. The summed E-state index contributed by atoms with van der Waals surface area (Å²) in [5.41, 5.74) is -0.111. The minimum Gasteiger partial charge on any atom is -0.480 e. The van der Waals surface area contributed by atoms with Crippen LogP contribution in [0.15, 0.2) is 18.2 Å². The number of hydrogen-bond acceptors (Lipinski definition) is 2. The summed E-state index contributed by atoms with van der Waals surface area (Å²) in [4.78, 5) is 21.8. The lowest BCUT2D eigenvalue weighted by molar-refractivity contribution is -0.141. The number of amides is 1. The number of carbonyl (C=O) groups excluding carboxylic acids is 1. The number of halogens is 2. The molecule has 1 aromatic rings. The maximum atomic E-state index is 13.2. The van der Waals surface area contributed by atoms with Crippen molar-refractivity contribution in [1.29, 1.82) is 0 Å². The highest BCUT2D eigenvalue weighted by Gasteiger charge is 2.16. The molecule has 1 unspecified atom stereocenters. The van der Waals surface area contributed by atoms with E-state index in [2.05, 4.69) is 5.32 Å². The van der Waals surface area contributed by atoms with Gasteiger partial charge in [-0.05, 0) is 13.0 Å². The Labute approximate surface area is 96.3 Å². The van der Waals surface area contributed by atoms with E-state index in [1.165, 1.54) is 19.1 Å². The number of carboxylic acid groups (broad SMARTS) is 1. The normalized spacial score (nSPS) is 11.9. The van der Waals surface area contributed by atoms with Crippen LogP contribution in [0.1, 0.15) is 12.5 Å². The van der Waals surface area contributed by atoms with Gasteiger partial charge in [-0.1, -0.05) is 12.1 Å². The van der Waals surface area contributed by atoms with E-state index in [9.17, 15) is 18.4 Å². The van der Waals surface area contributed by atoms with Crippen LogP contribution in [0.3, 0.4) is 0 Å². The minimum absolute atomic E-state index is 0.111. The molecule has 0 spiro atoms. The molecule has 0 saturated carbocycles. The highest BCUT2D eigenvalue weighted by atomic mass is 19.2. The fraction of sp³-hybridized carbons (Fsp3) is 0.273. The molecule has 1 amide bonds. The first-order valence-corrected chi connectivity index (χ1v) is 4.87. The largest absolute Gasteiger partial charge is 0.480 e. The van der Waals surface area contributed by atoms with Gasteiger partial charge < -0.3 is 10.4 Å². The van der Waals surface area contributed by atoms with E-state index in [0.717, 1.165) is 6.07 Å². The van der Waals surface area contributed by atoms with Gasteiger partial charge in [0.25, 0.3) is 0 Å². The van der Waals surface area contributed by atoms with Crippen molar-refractivity contribution in [3.63, 3.8) is 0 Å². The first-order chi connectivity index (χ1) is 7.91. The standard InChI is InChI=1S/C11H11F2NO3/c1-6(11(16)17)14-9(15)5-7-3-2-4-8(12)10(7)13/h2-4,6H,5H2,1H3,(H,14,15)(H,16,17). The minimum atomic E-state index is -1.20. The highest BCUT2D eigenvalue weighted by Crippen LogP contribution is 2.11. The van der Waals surface area contributed by atoms with E-state index < -0.39 is 36.0 Å². The quantitative estimate of drug-likeness (QED) is 0.832. The van der Waals surface area contributed by atoms with Gasteiger partial charge in [0.05, 0.1) is 6.42 Å². The van der Waals surface area contributed by atoms with Gasteiger partial charge >= 0.3 is 5.97 Å². The van der Waals surface area contributed by atoms with E-state index in [0.29, 0.717) is 0 Å². The Morgan fingerprint density at radius 1 is 1.41 bits per heavy atom. The first kappa shape index (κ1) is 13.1. The molecule has 0 bridgehead atoms. The smallest absolute Gasteiger partial charge is 0.325 e. The van der Waals surface area contributed by atoms with Gasteiger partial charge in [-0.25, -0.2) is 8.78 Å². The Hall–Kier alpha value is -1.98. The Morgan fingerprint density at radius 2 is 2.06 bits per heavy atom. The monoisotopic (exact) mass is 243 g/mol. The molecule has 1 atom stereocenters. The molecule has 0 fully saturated rings. The zero-order valence-corrected chi connectivity index (χ0v) is 9.04. The van der Waals surface area contributed by atoms with Crippen LogP contribution in [0.5, 0.6) is 0 Å². The molecule has 2 N–H and O–H groups in total. The first-order valence-electron chi connectivity index (χ1n) is 4.87. The van der Waals surface area contributed by atoms with Crippen LogP contribution >= 0.6 is 0 Å². The molecule has 0 saturated heterocycles. The molecule has 1 rings (SSSR count). The molecule has 17 heavy (non-hydrogen) atoms. The molecule has 0 aliphatic heterocycles. The zero-order chi connectivity index (χ0) is 13.0. The third-order valence-corrected chi connectivity index (χ3v) is 2.13. The molecular weight excluding hydrogens is 232 g/mol. The second kappa shape index (κ2) is 5.38. The van der Waals surface area contributed by atoms with Crippen molar-refractivity contribution in [3.05, 3.63) is 35.4 Å². The molecule has 0 heterocycles. The average molecular weight is 243 g/mol. The average Bonchev–Trinajstić information content (AvgIpc) is 2.24. The van der Waals surface area contributed by atoms with Gasteiger partial charge in [-0.2, -0.15) is 0 Å². The number of aliphatic carboxylic acids is 1. The third kappa shape index (κ3) is 3.51. The maximum absolute atomic E-state index is 13.2. The van der Waals surface area contributed by atoms with Crippen molar-refractivity contribution in [2.75, 3.05) is 0 Å². The van der Waals surface area contributed by atoms with Crippen molar-refractivity contribution >= 4 is 11.9 Å². The lowest BCUT2D eigenvalue weighted by atomic mass is 10.1. The number of carboxylic acids is 1. The SMILES string of the molecule is CC(NC(=O)Cc1cccc(F)c1F)C(=O)O. The second-order valence-electron chi connectivity index (χ2n) is 3.52. The van der Waals surface area contributed by atoms with Crippen LogP contribution in [-0.2, 0) is 16.0 Å². The predicted molar refractivity (Wildman–Crippen MR) is 55.3 cm³/mol. The van der Waals surface area contributed by atoms with Crippen LogP contribution in [-0.4, -0.2) is 23.0 Å². The number of rotatable bonds is 4. The molecule has 0 radical (unpaired) electrons. The van der Waals surface area contributed by atoms with Crippen LogP contribution in [0.4, 0.5) is 8.78 Å². The molecule has 1 aromatic carbocycles. The van der Waals surface area contributed by atoms with Gasteiger partial charge in [0.1, 0.15) is 6.04 Å². The van der Waals surface area contributed by atoms with Gasteiger partial charge in [-0.15, -0.1) is 0 Å². The number of benzene rings is 1. The van der Waals surface area contributed by atoms with Crippen LogP contribution < -0.4 is 5.32 Å². The third-order valence-electron chi connectivity index (χ3n) is 2.13. The van der Waals surface area contributed by atoms with E-state index in [1.807, 2.05) is 0 Å². The molecular formula is C11H11F2NO3. The van der Waals surface area contributed by atoms with Crippen molar-refractivity contribution in [2.45, 2.75) is 19.4 Å². The maximum Gasteiger partial charge on any atom is 0.325 e. The van der Waals surface area contributed by atoms with Gasteiger partial charge in [0.15, 0.2) is 11.6 Å². The summed E-state index contributed by atoms with van der Waals surface area (Å²) in [5.74, 6) is -4.00. The molecule has 0 aliphatic rings. The summed E-state index contributed by atoms with van der Waals surface area (Å²) < 4.78 is 26.0. The Kier molecular flexibility index (Phi) is 4.14. The lowest BCUT2D eigenvalue weighted by Gasteiger charge is -2.09. The number of carbonyl (C=O) groups is 2. The Balaban J connectivity index is 2.69.